The minimum atomic E-state index is -0.758. The van der Waals surface area contributed by atoms with E-state index in [2.05, 4.69) is 20.9 Å². The highest BCUT2D eigenvalue weighted by atomic mass is 16.5. The van der Waals surface area contributed by atoms with E-state index >= 15 is 0 Å². The smallest absolute Gasteiger partial charge is 0.258 e. The van der Waals surface area contributed by atoms with E-state index in [0.717, 1.165) is 12.0 Å². The summed E-state index contributed by atoms with van der Waals surface area (Å²) in [5.41, 5.74) is 2.16. The number of methoxy groups -OCH3 is 1. The van der Waals surface area contributed by atoms with Gasteiger partial charge < -0.3 is 35.1 Å². The van der Waals surface area contributed by atoms with E-state index in [9.17, 15) is 19.2 Å². The number of amides is 4. The summed E-state index contributed by atoms with van der Waals surface area (Å²) in [5.74, 6) is -0.434. The fourth-order valence-electron chi connectivity index (χ4n) is 6.06. The Hall–Kier alpha value is -4.00. The number of anilines is 1. The molecule has 3 heterocycles. The van der Waals surface area contributed by atoms with Crippen molar-refractivity contribution in [3.05, 3.63) is 59.7 Å². The Morgan fingerprint density at radius 1 is 1.05 bits per heavy atom. The Labute approximate surface area is 257 Å². The highest BCUT2D eigenvalue weighted by Crippen LogP contribution is 2.26. The molecule has 3 aliphatic rings. The Morgan fingerprint density at radius 2 is 1.84 bits per heavy atom. The predicted octanol–water partition coefficient (Wildman–Crippen LogP) is 1.55. The quantitative estimate of drug-likeness (QED) is 0.450. The molecule has 44 heavy (non-hydrogen) atoms. The van der Waals surface area contributed by atoms with Gasteiger partial charge in [-0.25, -0.2) is 0 Å². The average Bonchev–Trinajstić information content (AvgIpc) is 3.01. The lowest BCUT2D eigenvalue weighted by molar-refractivity contribution is -0.132. The van der Waals surface area contributed by atoms with E-state index in [-0.39, 0.29) is 48.9 Å². The lowest BCUT2D eigenvalue weighted by Gasteiger charge is -2.42. The molecule has 3 aliphatic heterocycles. The highest BCUT2D eigenvalue weighted by molar-refractivity contribution is 6.00. The molecular weight excluding hydrogens is 566 g/mol. The van der Waals surface area contributed by atoms with Gasteiger partial charge in [0.05, 0.1) is 30.4 Å². The van der Waals surface area contributed by atoms with Gasteiger partial charge in [-0.05, 0) is 42.7 Å². The number of hydrogen-bond acceptors (Lipinski definition) is 8. The lowest BCUT2D eigenvalue weighted by atomic mass is 9.96. The minimum Gasteiger partial charge on any atom is -0.493 e. The van der Waals surface area contributed by atoms with Crippen molar-refractivity contribution in [1.29, 1.82) is 0 Å². The van der Waals surface area contributed by atoms with Crippen molar-refractivity contribution in [3.63, 3.8) is 0 Å². The summed E-state index contributed by atoms with van der Waals surface area (Å²) < 4.78 is 17.5. The molecular formula is C32H41N5O7. The van der Waals surface area contributed by atoms with Crippen molar-refractivity contribution in [3.8, 4) is 5.75 Å². The number of carbonyl (C=O) groups is 4. The molecule has 2 bridgehead atoms. The zero-order chi connectivity index (χ0) is 31.1. The van der Waals surface area contributed by atoms with Crippen molar-refractivity contribution in [2.45, 2.75) is 57.0 Å². The number of fused-ring (bicyclic) bond motifs is 4. The third-order valence-electron chi connectivity index (χ3n) is 8.24. The van der Waals surface area contributed by atoms with Crippen LogP contribution in [0.25, 0.3) is 0 Å². The third-order valence-corrected chi connectivity index (χ3v) is 8.24. The van der Waals surface area contributed by atoms with Crippen LogP contribution in [0, 0.1) is 0 Å². The fourth-order valence-corrected chi connectivity index (χ4v) is 6.06. The maximum absolute atomic E-state index is 13.9. The number of hydrogen-bond donors (Lipinski definition) is 3. The van der Waals surface area contributed by atoms with E-state index in [1.807, 2.05) is 30.3 Å². The van der Waals surface area contributed by atoms with Crippen LogP contribution in [0.4, 0.5) is 5.69 Å². The molecule has 2 fully saturated rings. The summed E-state index contributed by atoms with van der Waals surface area (Å²) in [6.45, 7) is 3.80. The number of carbonyl (C=O) groups excluding carboxylic acids is 4. The summed E-state index contributed by atoms with van der Waals surface area (Å²) in [5, 5.41) is 8.79. The molecule has 5 rings (SSSR count). The Bertz CT molecular complexity index is 1340. The highest BCUT2D eigenvalue weighted by Gasteiger charge is 2.38. The summed E-state index contributed by atoms with van der Waals surface area (Å²) in [6, 6.07) is 13.7. The number of rotatable bonds is 6. The van der Waals surface area contributed by atoms with Crippen molar-refractivity contribution < 1.29 is 33.4 Å². The van der Waals surface area contributed by atoms with Crippen LogP contribution in [0.5, 0.6) is 5.75 Å². The number of para-hydroxylation sites is 1. The zero-order valence-corrected chi connectivity index (χ0v) is 25.3. The third kappa shape index (κ3) is 7.93. The second kappa shape index (κ2) is 14.7. The standard InChI is InChI=1S/C32H41N5O7/c1-21(38)34-23-9-7-22(8-10-23)18-36-14-15-37-27(19-36)31(40)33-17-29-26(35-30(39)20-42-2)12-11-24(44-29)13-16-43-28-6-4-3-5-25(28)32(37)41/h3-10,24,26-27,29H,11-20H2,1-2H3,(H,33,40)(H,34,38)(H,35,39)/t24-,26+,27-,29+/m0/s1. The summed E-state index contributed by atoms with van der Waals surface area (Å²) in [4.78, 5) is 55.3. The SMILES string of the molecule is COCC(=O)N[C@@H]1CC[C@H]2CCOc3ccccc3C(=O)N3CCN(Cc4ccc(NC(C)=O)cc4)C[C@H]3C(=O)NC[C@H]1O2. The molecule has 2 aromatic carbocycles. The van der Waals surface area contributed by atoms with Crippen molar-refractivity contribution in [1.82, 2.24) is 20.4 Å². The first-order valence-corrected chi connectivity index (χ1v) is 15.1. The number of benzene rings is 2. The van der Waals surface area contributed by atoms with Crippen LogP contribution in [-0.4, -0.2) is 104 Å². The van der Waals surface area contributed by atoms with Crippen LogP contribution in [-0.2, 0) is 30.4 Å². The van der Waals surface area contributed by atoms with Crippen LogP contribution in [0.2, 0.25) is 0 Å². The molecule has 2 aromatic rings. The molecule has 0 spiro atoms. The lowest BCUT2D eigenvalue weighted by Crippen LogP contribution is -2.62. The molecule has 0 aromatic heterocycles. The van der Waals surface area contributed by atoms with Gasteiger partial charge in [0.1, 0.15) is 18.4 Å². The van der Waals surface area contributed by atoms with Gasteiger partial charge in [0, 0.05) is 58.9 Å². The molecule has 4 amide bonds. The monoisotopic (exact) mass is 607 g/mol. The van der Waals surface area contributed by atoms with E-state index in [4.69, 9.17) is 14.2 Å². The van der Waals surface area contributed by atoms with Crippen LogP contribution in [0.1, 0.15) is 42.1 Å². The summed E-state index contributed by atoms with van der Waals surface area (Å²) in [7, 11) is 1.47. The van der Waals surface area contributed by atoms with E-state index in [1.54, 1.807) is 23.1 Å². The molecule has 0 radical (unpaired) electrons. The average molecular weight is 608 g/mol. The van der Waals surface area contributed by atoms with Crippen LogP contribution < -0.4 is 20.7 Å². The number of piperazine rings is 1. The second-order valence-electron chi connectivity index (χ2n) is 11.5. The fraction of sp³-hybridized carbons (Fsp3) is 0.500. The van der Waals surface area contributed by atoms with E-state index in [0.29, 0.717) is 62.6 Å². The molecule has 3 N–H and O–H groups in total. The van der Waals surface area contributed by atoms with Gasteiger partial charge >= 0.3 is 0 Å². The van der Waals surface area contributed by atoms with E-state index in [1.165, 1.54) is 14.0 Å². The summed E-state index contributed by atoms with van der Waals surface area (Å²) in [6.07, 6.45) is 1.47. The maximum atomic E-state index is 13.9. The van der Waals surface area contributed by atoms with Crippen LogP contribution >= 0.6 is 0 Å². The Balaban J connectivity index is 1.36. The number of nitrogens with one attached hydrogen (secondary N) is 3. The van der Waals surface area contributed by atoms with Crippen molar-refractivity contribution in [2.75, 3.05) is 51.8 Å². The van der Waals surface area contributed by atoms with E-state index < -0.39 is 12.1 Å². The first-order chi connectivity index (χ1) is 21.3. The number of nitrogens with zero attached hydrogens (tertiary/aromatic N) is 2. The van der Waals surface area contributed by atoms with Gasteiger partial charge in [-0.2, -0.15) is 0 Å². The summed E-state index contributed by atoms with van der Waals surface area (Å²) >= 11 is 0. The Kier molecular flexibility index (Phi) is 10.5. The molecule has 4 atom stereocenters. The predicted molar refractivity (Wildman–Crippen MR) is 162 cm³/mol. The van der Waals surface area contributed by atoms with Gasteiger partial charge in [-0.3, -0.25) is 24.1 Å². The first-order valence-electron chi connectivity index (χ1n) is 15.1. The van der Waals surface area contributed by atoms with Gasteiger partial charge in [-0.15, -0.1) is 0 Å². The topological polar surface area (TPSA) is 139 Å². The molecule has 0 saturated carbocycles. The van der Waals surface area contributed by atoms with Gasteiger partial charge in [0.2, 0.25) is 17.7 Å². The maximum Gasteiger partial charge on any atom is 0.258 e. The Morgan fingerprint density at radius 3 is 2.61 bits per heavy atom. The van der Waals surface area contributed by atoms with Crippen LogP contribution in [0.15, 0.2) is 48.5 Å². The van der Waals surface area contributed by atoms with Gasteiger partial charge in [0.15, 0.2) is 0 Å². The molecule has 12 heteroatoms. The first kappa shape index (κ1) is 31.4. The van der Waals surface area contributed by atoms with Crippen LogP contribution in [0.3, 0.4) is 0 Å². The minimum absolute atomic E-state index is 0.0583. The largest absolute Gasteiger partial charge is 0.493 e. The normalized spacial score (nSPS) is 24.5. The van der Waals surface area contributed by atoms with Crippen molar-refractivity contribution >= 4 is 29.3 Å². The van der Waals surface area contributed by atoms with Crippen molar-refractivity contribution in [2.24, 2.45) is 0 Å². The zero-order valence-electron chi connectivity index (χ0n) is 25.3. The number of ether oxygens (including phenoxy) is 3. The molecule has 0 aliphatic carbocycles. The molecule has 0 unspecified atom stereocenters. The molecule has 236 valence electrons. The molecule has 2 saturated heterocycles. The second-order valence-corrected chi connectivity index (χ2v) is 11.5. The van der Waals surface area contributed by atoms with Gasteiger partial charge in [-0.1, -0.05) is 24.3 Å². The molecule has 12 nitrogen and oxygen atoms in total. The van der Waals surface area contributed by atoms with Gasteiger partial charge in [0.25, 0.3) is 5.91 Å².